The third kappa shape index (κ3) is 7.00. The van der Waals surface area contributed by atoms with Crippen LogP contribution in [-0.2, 0) is 14.2 Å². The maximum atomic E-state index is 13.6. The van der Waals surface area contributed by atoms with Crippen LogP contribution >= 0.6 is 0 Å². The van der Waals surface area contributed by atoms with Gasteiger partial charge >= 0.3 is 0 Å². The molecule has 218 valence electrons. The summed E-state index contributed by atoms with van der Waals surface area (Å²) in [6.07, 6.45) is 6.24. The Bertz CT molecular complexity index is 1150. The number of nitrogens with zero attached hydrogens (tertiary/aromatic N) is 3. The minimum absolute atomic E-state index is 0.0150. The number of anilines is 1. The van der Waals surface area contributed by atoms with Gasteiger partial charge in [-0.15, -0.1) is 0 Å². The predicted octanol–water partition coefficient (Wildman–Crippen LogP) is 4.12. The van der Waals surface area contributed by atoms with Crippen LogP contribution in [0.25, 0.3) is 0 Å². The van der Waals surface area contributed by atoms with E-state index in [0.717, 1.165) is 56.5 Å². The molecule has 40 heavy (non-hydrogen) atoms. The van der Waals surface area contributed by atoms with Gasteiger partial charge in [0.2, 0.25) is 0 Å². The molecule has 2 N–H and O–H groups in total. The lowest BCUT2D eigenvalue weighted by Gasteiger charge is -2.38. The van der Waals surface area contributed by atoms with Gasteiger partial charge in [-0.05, 0) is 64.9 Å². The third-order valence-electron chi connectivity index (χ3n) is 8.56. The molecule has 5 rings (SSSR count). The van der Waals surface area contributed by atoms with E-state index in [-0.39, 0.29) is 24.2 Å². The number of hydrogen-bond donors (Lipinski definition) is 2. The average Bonchev–Trinajstić information content (AvgIpc) is 2.98. The maximum absolute atomic E-state index is 13.6. The number of amides is 1. The SMILES string of the molecule is CO[C@H]1COCC[C@H]1NC1CCN(C(=O)c2nc(C)nc(NC[C@@H]3CCC[C@H](c4cccc(C)c4)O3)c2C)CC1. The summed E-state index contributed by atoms with van der Waals surface area (Å²) in [6.45, 7) is 9.37. The average molecular weight is 552 g/mol. The zero-order valence-corrected chi connectivity index (χ0v) is 24.4. The summed E-state index contributed by atoms with van der Waals surface area (Å²) in [6, 6.07) is 9.26. The highest BCUT2D eigenvalue weighted by Crippen LogP contribution is 2.32. The van der Waals surface area contributed by atoms with Crippen molar-refractivity contribution in [1.82, 2.24) is 20.2 Å². The van der Waals surface area contributed by atoms with E-state index in [2.05, 4.69) is 51.8 Å². The fourth-order valence-electron chi connectivity index (χ4n) is 6.22. The van der Waals surface area contributed by atoms with Crippen molar-refractivity contribution < 1.29 is 19.0 Å². The predicted molar refractivity (Wildman–Crippen MR) is 155 cm³/mol. The summed E-state index contributed by atoms with van der Waals surface area (Å²) >= 11 is 0. The summed E-state index contributed by atoms with van der Waals surface area (Å²) in [5, 5.41) is 7.25. The molecule has 3 aliphatic rings. The van der Waals surface area contributed by atoms with Gasteiger partial charge in [-0.3, -0.25) is 4.79 Å². The zero-order chi connectivity index (χ0) is 28.1. The monoisotopic (exact) mass is 551 g/mol. The van der Waals surface area contributed by atoms with Gasteiger partial charge < -0.3 is 29.7 Å². The van der Waals surface area contributed by atoms with Crippen LogP contribution in [0, 0.1) is 20.8 Å². The van der Waals surface area contributed by atoms with E-state index < -0.39 is 0 Å². The largest absolute Gasteiger partial charge is 0.379 e. The van der Waals surface area contributed by atoms with Crippen molar-refractivity contribution in [2.45, 2.75) is 89.7 Å². The molecule has 0 saturated carbocycles. The van der Waals surface area contributed by atoms with Crippen LogP contribution in [0.5, 0.6) is 0 Å². The van der Waals surface area contributed by atoms with Crippen LogP contribution in [0.2, 0.25) is 0 Å². The Balaban J connectivity index is 1.17. The molecule has 0 spiro atoms. The van der Waals surface area contributed by atoms with Gasteiger partial charge in [0.1, 0.15) is 17.3 Å². The molecule has 4 heterocycles. The number of methoxy groups -OCH3 is 1. The van der Waals surface area contributed by atoms with Crippen molar-refractivity contribution in [3.05, 3.63) is 52.5 Å². The number of carbonyl (C=O) groups excluding carboxylic acids is 1. The molecule has 9 nitrogen and oxygen atoms in total. The second-order valence-electron chi connectivity index (χ2n) is 11.5. The maximum Gasteiger partial charge on any atom is 0.272 e. The molecular formula is C31H45N5O4. The Kier molecular flexibility index (Phi) is 9.68. The normalized spacial score (nSPS) is 26.1. The minimum Gasteiger partial charge on any atom is -0.379 e. The number of nitrogens with one attached hydrogen (secondary N) is 2. The number of carbonyl (C=O) groups is 1. The fourth-order valence-corrected chi connectivity index (χ4v) is 6.22. The second kappa shape index (κ2) is 13.4. The van der Waals surface area contributed by atoms with E-state index in [0.29, 0.717) is 49.8 Å². The number of aryl methyl sites for hydroxylation is 2. The van der Waals surface area contributed by atoms with Gasteiger partial charge in [-0.1, -0.05) is 29.8 Å². The van der Waals surface area contributed by atoms with Crippen LogP contribution in [0.3, 0.4) is 0 Å². The van der Waals surface area contributed by atoms with Gasteiger partial charge in [0.15, 0.2) is 0 Å². The van der Waals surface area contributed by atoms with Gasteiger partial charge in [-0.25, -0.2) is 9.97 Å². The number of piperidine rings is 1. The Hall–Kier alpha value is -2.59. The van der Waals surface area contributed by atoms with Crippen LogP contribution in [0.15, 0.2) is 24.3 Å². The van der Waals surface area contributed by atoms with E-state index >= 15 is 0 Å². The topological polar surface area (TPSA) is 97.8 Å². The Morgan fingerprint density at radius 1 is 1.10 bits per heavy atom. The quantitative estimate of drug-likeness (QED) is 0.506. The van der Waals surface area contributed by atoms with Gasteiger partial charge in [-0.2, -0.15) is 0 Å². The zero-order valence-electron chi connectivity index (χ0n) is 24.4. The molecule has 1 aromatic heterocycles. The summed E-state index contributed by atoms with van der Waals surface area (Å²) in [5.74, 6) is 1.30. The summed E-state index contributed by atoms with van der Waals surface area (Å²) in [4.78, 5) is 24.7. The lowest BCUT2D eigenvalue weighted by molar-refractivity contribution is -0.0533. The van der Waals surface area contributed by atoms with Crippen LogP contribution in [0.4, 0.5) is 5.82 Å². The van der Waals surface area contributed by atoms with Crippen molar-refractivity contribution in [2.24, 2.45) is 0 Å². The highest BCUT2D eigenvalue weighted by atomic mass is 16.5. The number of hydrogen-bond acceptors (Lipinski definition) is 8. The smallest absolute Gasteiger partial charge is 0.272 e. The minimum atomic E-state index is -0.0150. The third-order valence-corrected chi connectivity index (χ3v) is 8.56. The van der Waals surface area contributed by atoms with E-state index in [9.17, 15) is 4.79 Å². The Morgan fingerprint density at radius 2 is 1.93 bits per heavy atom. The lowest BCUT2D eigenvalue weighted by Crippen LogP contribution is -2.54. The lowest BCUT2D eigenvalue weighted by atomic mass is 9.97. The highest BCUT2D eigenvalue weighted by Gasteiger charge is 2.31. The number of aromatic nitrogens is 2. The van der Waals surface area contributed by atoms with Crippen molar-refractivity contribution in [2.75, 3.05) is 45.3 Å². The molecule has 1 amide bonds. The first-order chi connectivity index (χ1) is 19.4. The second-order valence-corrected chi connectivity index (χ2v) is 11.5. The van der Waals surface area contributed by atoms with Crippen LogP contribution in [-0.4, -0.2) is 85.0 Å². The van der Waals surface area contributed by atoms with Crippen LogP contribution < -0.4 is 10.6 Å². The van der Waals surface area contributed by atoms with Gasteiger partial charge in [0, 0.05) is 51.0 Å². The molecule has 2 aromatic rings. The molecular weight excluding hydrogens is 506 g/mol. The summed E-state index contributed by atoms with van der Waals surface area (Å²) in [7, 11) is 1.74. The molecule has 0 bridgehead atoms. The van der Waals surface area contributed by atoms with Gasteiger partial charge in [0.05, 0.1) is 24.9 Å². The molecule has 3 saturated heterocycles. The Morgan fingerprint density at radius 3 is 2.70 bits per heavy atom. The standard InChI is InChI=1S/C31H45N5O4/c1-20-7-5-8-23(17-20)27-10-6-9-25(40-27)18-32-30-21(2)29(33-22(3)34-30)31(37)36-14-11-24(12-15-36)35-26-13-16-39-19-28(26)38-4/h5,7-8,17,24-28,35H,6,9-16,18-19H2,1-4H3,(H,32,33,34)/t25-,26+,27+,28-/m0/s1. The van der Waals surface area contributed by atoms with E-state index in [1.54, 1.807) is 7.11 Å². The molecule has 4 atom stereocenters. The van der Waals surface area contributed by atoms with Crippen molar-refractivity contribution >= 4 is 11.7 Å². The summed E-state index contributed by atoms with van der Waals surface area (Å²) in [5.41, 5.74) is 3.79. The van der Waals surface area contributed by atoms with E-state index in [4.69, 9.17) is 14.2 Å². The van der Waals surface area contributed by atoms with E-state index in [1.165, 1.54) is 11.1 Å². The first-order valence-corrected chi connectivity index (χ1v) is 14.9. The fraction of sp³-hybridized carbons (Fsp3) is 0.645. The van der Waals surface area contributed by atoms with Crippen molar-refractivity contribution in [1.29, 1.82) is 0 Å². The highest BCUT2D eigenvalue weighted by molar-refractivity contribution is 5.94. The molecule has 0 radical (unpaired) electrons. The van der Waals surface area contributed by atoms with E-state index in [1.807, 2.05) is 18.7 Å². The van der Waals surface area contributed by atoms with Crippen molar-refractivity contribution in [3.63, 3.8) is 0 Å². The molecule has 3 fully saturated rings. The number of rotatable bonds is 8. The van der Waals surface area contributed by atoms with Crippen molar-refractivity contribution in [3.8, 4) is 0 Å². The molecule has 0 aliphatic carbocycles. The summed E-state index contributed by atoms with van der Waals surface area (Å²) < 4.78 is 17.6. The number of likely N-dealkylation sites (tertiary alicyclic amines) is 1. The molecule has 9 heteroatoms. The molecule has 0 unspecified atom stereocenters. The number of ether oxygens (including phenoxy) is 3. The van der Waals surface area contributed by atoms with Crippen LogP contribution in [0.1, 0.15) is 77.6 Å². The molecule has 3 aliphatic heterocycles. The molecule has 1 aromatic carbocycles. The first-order valence-electron chi connectivity index (χ1n) is 14.9. The first kappa shape index (κ1) is 28.9. The Labute approximate surface area is 238 Å². The number of benzene rings is 1. The van der Waals surface area contributed by atoms with Gasteiger partial charge in [0.25, 0.3) is 5.91 Å².